The zero-order valence-corrected chi connectivity index (χ0v) is 10.4. The van der Waals surface area contributed by atoms with Crippen LogP contribution < -0.4 is 0 Å². The van der Waals surface area contributed by atoms with E-state index in [9.17, 15) is 4.39 Å². The lowest BCUT2D eigenvalue weighted by Gasteiger charge is -2.33. The van der Waals surface area contributed by atoms with E-state index in [4.69, 9.17) is 0 Å². The average molecular weight is 250 g/mol. The molecule has 0 saturated carbocycles. The van der Waals surface area contributed by atoms with Gasteiger partial charge in [-0.05, 0) is 42.5 Å². The van der Waals surface area contributed by atoms with E-state index in [1.165, 1.54) is 5.56 Å². The number of hydrogen-bond donors (Lipinski definition) is 1. The van der Waals surface area contributed by atoms with Crippen LogP contribution in [0.1, 0.15) is 17.5 Å². The van der Waals surface area contributed by atoms with Gasteiger partial charge in [0.15, 0.2) is 0 Å². The van der Waals surface area contributed by atoms with Crippen molar-refractivity contribution >= 4 is 18.8 Å². The van der Waals surface area contributed by atoms with Crippen molar-refractivity contribution in [3.05, 3.63) is 35.1 Å². The van der Waals surface area contributed by atoms with E-state index in [1.807, 2.05) is 12.3 Å². The third-order valence-corrected chi connectivity index (χ3v) is 4.10. The summed E-state index contributed by atoms with van der Waals surface area (Å²) in [4.78, 5) is 6.53. The molecule has 17 heavy (non-hydrogen) atoms. The summed E-state index contributed by atoms with van der Waals surface area (Å²) in [6.07, 6.45) is 4.96. The second kappa shape index (κ2) is 4.42. The Labute approximate surface area is 106 Å². The Balaban J connectivity index is 1.80. The van der Waals surface area contributed by atoms with Crippen LogP contribution in [0.2, 0.25) is 0 Å². The first kappa shape index (κ1) is 11.2. The number of aliphatic imine (C=N–C) groups is 1. The summed E-state index contributed by atoms with van der Waals surface area (Å²) in [6, 6.07) is 5.58. The van der Waals surface area contributed by atoms with Crippen molar-refractivity contribution < 1.29 is 4.39 Å². The van der Waals surface area contributed by atoms with Crippen molar-refractivity contribution in [2.45, 2.75) is 30.8 Å². The molecule has 2 atom stereocenters. The first-order valence-electron chi connectivity index (χ1n) is 5.97. The minimum Gasteiger partial charge on any atom is -0.266 e. The van der Waals surface area contributed by atoms with Crippen LogP contribution in [0.5, 0.6) is 0 Å². The number of fused-ring (bicyclic) bond motifs is 1. The van der Waals surface area contributed by atoms with Crippen LogP contribution in [-0.4, -0.2) is 29.2 Å². The van der Waals surface area contributed by atoms with E-state index >= 15 is 0 Å². The van der Waals surface area contributed by atoms with E-state index in [1.54, 1.807) is 12.1 Å². The Hall–Kier alpha value is -0.870. The van der Waals surface area contributed by atoms with Crippen molar-refractivity contribution in [2.24, 2.45) is 4.99 Å². The minimum atomic E-state index is -0.135. The predicted octanol–water partition coefficient (Wildman–Crippen LogP) is 2.28. The number of nitrogens with zero attached hydrogens (tertiary/aromatic N) is 2. The molecule has 0 bridgehead atoms. The molecule has 1 aliphatic carbocycles. The third-order valence-electron chi connectivity index (χ3n) is 3.67. The van der Waals surface area contributed by atoms with Gasteiger partial charge in [0.1, 0.15) is 11.3 Å². The van der Waals surface area contributed by atoms with Gasteiger partial charge in [-0.25, -0.2) is 4.39 Å². The van der Waals surface area contributed by atoms with Crippen LogP contribution in [0.25, 0.3) is 0 Å². The van der Waals surface area contributed by atoms with Crippen molar-refractivity contribution in [2.75, 3.05) is 6.54 Å². The summed E-state index contributed by atoms with van der Waals surface area (Å²) in [7, 11) is 0. The highest BCUT2D eigenvalue weighted by Crippen LogP contribution is 2.28. The fourth-order valence-corrected chi connectivity index (χ4v) is 3.12. The van der Waals surface area contributed by atoms with Crippen molar-refractivity contribution in [1.82, 2.24) is 4.90 Å². The molecule has 0 amide bonds. The average Bonchev–Trinajstić information content (AvgIpc) is 2.74. The van der Waals surface area contributed by atoms with E-state index in [0.717, 1.165) is 31.4 Å². The number of benzene rings is 1. The molecule has 4 heteroatoms. The topological polar surface area (TPSA) is 15.6 Å². The van der Waals surface area contributed by atoms with Crippen molar-refractivity contribution in [3.8, 4) is 0 Å². The number of hydrogen-bond acceptors (Lipinski definition) is 3. The van der Waals surface area contributed by atoms with Gasteiger partial charge in [-0.1, -0.05) is 6.07 Å². The SMILES string of the molecule is Fc1ccc2c(c1)CC(N1CC=NC1S)CC2. The maximum absolute atomic E-state index is 13.2. The van der Waals surface area contributed by atoms with Gasteiger partial charge >= 0.3 is 0 Å². The van der Waals surface area contributed by atoms with Gasteiger partial charge < -0.3 is 0 Å². The van der Waals surface area contributed by atoms with E-state index in [0.29, 0.717) is 6.04 Å². The van der Waals surface area contributed by atoms with Crippen LogP contribution in [0, 0.1) is 5.82 Å². The zero-order valence-electron chi connectivity index (χ0n) is 9.51. The summed E-state index contributed by atoms with van der Waals surface area (Å²) in [5.41, 5.74) is 2.42. The molecule has 0 aromatic heterocycles. The van der Waals surface area contributed by atoms with Gasteiger partial charge in [0.2, 0.25) is 0 Å². The quantitative estimate of drug-likeness (QED) is 0.756. The predicted molar refractivity (Wildman–Crippen MR) is 70.2 cm³/mol. The maximum atomic E-state index is 13.2. The Morgan fingerprint density at radius 2 is 2.24 bits per heavy atom. The van der Waals surface area contributed by atoms with Crippen LogP contribution in [-0.2, 0) is 12.8 Å². The number of thiol groups is 1. The van der Waals surface area contributed by atoms with Crippen LogP contribution in [0.4, 0.5) is 4.39 Å². The van der Waals surface area contributed by atoms with Gasteiger partial charge in [0, 0.05) is 18.8 Å². The highest BCUT2D eigenvalue weighted by molar-refractivity contribution is 7.80. The molecule has 1 aliphatic heterocycles. The molecule has 0 radical (unpaired) electrons. The van der Waals surface area contributed by atoms with Crippen LogP contribution >= 0.6 is 12.6 Å². The number of rotatable bonds is 1. The number of aryl methyl sites for hydroxylation is 1. The molecule has 0 fully saturated rings. The monoisotopic (exact) mass is 250 g/mol. The van der Waals surface area contributed by atoms with E-state index < -0.39 is 0 Å². The lowest BCUT2D eigenvalue weighted by molar-refractivity contribution is 0.209. The highest BCUT2D eigenvalue weighted by atomic mass is 32.1. The second-order valence-corrected chi connectivity index (χ2v) is 5.15. The molecule has 1 heterocycles. The molecule has 1 aromatic carbocycles. The smallest absolute Gasteiger partial charge is 0.146 e. The van der Waals surface area contributed by atoms with Crippen molar-refractivity contribution in [3.63, 3.8) is 0 Å². The van der Waals surface area contributed by atoms with Gasteiger partial charge in [-0.15, -0.1) is 12.6 Å². The van der Waals surface area contributed by atoms with Crippen molar-refractivity contribution in [1.29, 1.82) is 0 Å². The molecule has 0 saturated heterocycles. The Morgan fingerprint density at radius 3 is 3.00 bits per heavy atom. The molecular weight excluding hydrogens is 235 g/mol. The van der Waals surface area contributed by atoms with Gasteiger partial charge in [0.25, 0.3) is 0 Å². The molecular formula is C13H15FN2S. The summed E-state index contributed by atoms with van der Waals surface area (Å²) in [5.74, 6) is -0.135. The lowest BCUT2D eigenvalue weighted by Crippen LogP contribution is -2.41. The van der Waals surface area contributed by atoms with Crippen LogP contribution in [0.3, 0.4) is 0 Å². The van der Waals surface area contributed by atoms with E-state index in [-0.39, 0.29) is 11.3 Å². The van der Waals surface area contributed by atoms with E-state index in [2.05, 4.69) is 22.5 Å². The third kappa shape index (κ3) is 2.11. The molecule has 0 spiro atoms. The fraction of sp³-hybridized carbons (Fsp3) is 0.462. The fourth-order valence-electron chi connectivity index (χ4n) is 2.74. The molecule has 1 aromatic rings. The first-order chi connectivity index (χ1) is 8.24. The lowest BCUT2D eigenvalue weighted by atomic mass is 9.87. The summed E-state index contributed by atoms with van der Waals surface area (Å²) in [5, 5.41) is 0. The van der Waals surface area contributed by atoms with Gasteiger partial charge in [-0.2, -0.15) is 0 Å². The number of halogens is 1. The molecule has 0 N–H and O–H groups in total. The Morgan fingerprint density at radius 1 is 1.35 bits per heavy atom. The molecule has 2 unspecified atom stereocenters. The Kier molecular flexibility index (Phi) is 2.92. The molecule has 90 valence electrons. The Bertz CT molecular complexity index is 461. The first-order valence-corrected chi connectivity index (χ1v) is 6.48. The summed E-state index contributed by atoms with van der Waals surface area (Å²) < 4.78 is 13.2. The second-order valence-electron chi connectivity index (χ2n) is 4.68. The zero-order chi connectivity index (χ0) is 11.8. The molecule has 2 nitrogen and oxygen atoms in total. The molecule has 2 aliphatic rings. The van der Waals surface area contributed by atoms with Gasteiger partial charge in [-0.3, -0.25) is 9.89 Å². The normalized spacial score (nSPS) is 28.4. The standard InChI is InChI=1S/C13H15FN2S/c14-11-3-1-9-2-4-12(8-10(9)7-11)16-6-5-15-13(16)17/h1,3,5,7,12-13,17H,2,4,6,8H2. The van der Waals surface area contributed by atoms with Gasteiger partial charge in [0.05, 0.1) is 0 Å². The summed E-state index contributed by atoms with van der Waals surface area (Å²) in [6.45, 7) is 0.865. The summed E-state index contributed by atoms with van der Waals surface area (Å²) >= 11 is 4.44. The van der Waals surface area contributed by atoms with Crippen LogP contribution in [0.15, 0.2) is 23.2 Å². The largest absolute Gasteiger partial charge is 0.266 e. The highest BCUT2D eigenvalue weighted by Gasteiger charge is 2.29. The minimum absolute atomic E-state index is 0.0184. The molecule has 3 rings (SSSR count). The maximum Gasteiger partial charge on any atom is 0.146 e.